The Balaban J connectivity index is 1.21. The maximum atomic E-state index is 12.2. The van der Waals surface area contributed by atoms with Gasteiger partial charge in [-0.3, -0.25) is 9.89 Å². The van der Waals surface area contributed by atoms with Gasteiger partial charge in [-0.2, -0.15) is 5.10 Å². The SMILES string of the molecule is O=C1Cc2c(-c3cn[nH]c3)ccc(-c3ccc(NCC4CC5CCC(C4)N5)nn3)c2N1. The summed E-state index contributed by atoms with van der Waals surface area (Å²) >= 11 is 0. The minimum atomic E-state index is -0.00520. The smallest absolute Gasteiger partial charge is 0.228 e. The van der Waals surface area contributed by atoms with Crippen LogP contribution in [0.4, 0.5) is 11.5 Å². The summed E-state index contributed by atoms with van der Waals surface area (Å²) in [5.74, 6) is 1.48. The number of benzene rings is 1. The van der Waals surface area contributed by atoms with E-state index in [2.05, 4.69) is 36.3 Å². The van der Waals surface area contributed by atoms with Crippen molar-refractivity contribution in [3.05, 3.63) is 42.2 Å². The molecule has 4 N–H and O–H groups in total. The molecule has 6 rings (SSSR count). The predicted molar refractivity (Wildman–Crippen MR) is 119 cm³/mol. The normalized spacial score (nSPS) is 24.1. The molecule has 0 aliphatic carbocycles. The van der Waals surface area contributed by atoms with Crippen LogP contribution in [0.3, 0.4) is 0 Å². The van der Waals surface area contributed by atoms with Crippen LogP contribution >= 0.6 is 0 Å². The quantitative estimate of drug-likeness (QED) is 0.510. The third kappa shape index (κ3) is 3.46. The van der Waals surface area contributed by atoms with Crippen LogP contribution in [0.2, 0.25) is 0 Å². The second-order valence-corrected chi connectivity index (χ2v) is 8.89. The molecular weight excluding hydrogens is 390 g/mol. The number of amides is 1. The van der Waals surface area contributed by atoms with Crippen molar-refractivity contribution in [1.82, 2.24) is 25.7 Å². The number of nitrogens with zero attached hydrogens (tertiary/aromatic N) is 3. The average molecular weight is 416 g/mol. The number of fused-ring (bicyclic) bond motifs is 3. The van der Waals surface area contributed by atoms with Gasteiger partial charge in [-0.1, -0.05) is 12.1 Å². The number of anilines is 2. The van der Waals surface area contributed by atoms with Crippen molar-refractivity contribution in [1.29, 1.82) is 0 Å². The van der Waals surface area contributed by atoms with E-state index in [4.69, 9.17) is 0 Å². The summed E-state index contributed by atoms with van der Waals surface area (Å²) in [7, 11) is 0. The Bertz CT molecular complexity index is 1100. The lowest BCUT2D eigenvalue weighted by molar-refractivity contribution is -0.115. The molecule has 8 heteroatoms. The van der Waals surface area contributed by atoms with Gasteiger partial charge in [0.25, 0.3) is 0 Å². The number of piperidine rings is 1. The third-order valence-electron chi connectivity index (χ3n) is 6.81. The first kappa shape index (κ1) is 18.5. The maximum absolute atomic E-state index is 12.2. The van der Waals surface area contributed by atoms with Gasteiger partial charge in [-0.25, -0.2) is 0 Å². The second-order valence-electron chi connectivity index (χ2n) is 8.89. The molecule has 2 fully saturated rings. The molecule has 0 saturated carbocycles. The molecule has 2 bridgehead atoms. The van der Waals surface area contributed by atoms with Crippen molar-refractivity contribution in [3.63, 3.8) is 0 Å². The fourth-order valence-electron chi connectivity index (χ4n) is 5.36. The zero-order chi connectivity index (χ0) is 20.8. The molecule has 31 heavy (non-hydrogen) atoms. The summed E-state index contributed by atoms with van der Waals surface area (Å²) in [6, 6.07) is 9.36. The highest BCUT2D eigenvalue weighted by atomic mass is 16.1. The number of H-pyrrole nitrogens is 1. The predicted octanol–water partition coefficient (Wildman–Crippen LogP) is 2.97. The van der Waals surface area contributed by atoms with Crippen LogP contribution in [0.1, 0.15) is 31.2 Å². The molecule has 0 radical (unpaired) electrons. The molecule has 2 saturated heterocycles. The Kier molecular flexibility index (Phi) is 4.45. The van der Waals surface area contributed by atoms with E-state index >= 15 is 0 Å². The molecule has 0 spiro atoms. The van der Waals surface area contributed by atoms with Crippen LogP contribution in [-0.2, 0) is 11.2 Å². The first-order chi connectivity index (χ1) is 15.2. The van der Waals surface area contributed by atoms with E-state index < -0.39 is 0 Å². The van der Waals surface area contributed by atoms with Crippen molar-refractivity contribution >= 4 is 17.4 Å². The highest BCUT2D eigenvalue weighted by Crippen LogP contribution is 2.40. The molecule has 2 aromatic heterocycles. The van der Waals surface area contributed by atoms with Crippen LogP contribution in [-0.4, -0.2) is 44.9 Å². The number of carbonyl (C=O) groups is 1. The number of hydrogen-bond acceptors (Lipinski definition) is 6. The summed E-state index contributed by atoms with van der Waals surface area (Å²) in [5.41, 5.74) is 5.42. The van der Waals surface area contributed by atoms with Crippen molar-refractivity contribution in [2.24, 2.45) is 5.92 Å². The number of carbonyl (C=O) groups excluding carboxylic acids is 1. The van der Waals surface area contributed by atoms with Gasteiger partial charge in [0.2, 0.25) is 5.91 Å². The molecule has 3 aliphatic heterocycles. The van der Waals surface area contributed by atoms with E-state index in [0.717, 1.165) is 46.0 Å². The lowest BCUT2D eigenvalue weighted by atomic mass is 9.92. The number of nitrogens with one attached hydrogen (secondary N) is 4. The molecule has 1 amide bonds. The second kappa shape index (κ2) is 7.46. The summed E-state index contributed by atoms with van der Waals surface area (Å²) in [4.78, 5) is 12.2. The molecular formula is C23H25N7O. The Hall–Kier alpha value is -3.26. The van der Waals surface area contributed by atoms with Crippen LogP contribution in [0.15, 0.2) is 36.7 Å². The zero-order valence-corrected chi connectivity index (χ0v) is 17.2. The standard InChI is InChI=1S/C23H25N7O/c31-22-9-19-17(14-11-25-26-12-14)3-4-18(23(19)28-22)20-5-6-21(30-29-20)24-10-13-7-15-1-2-16(8-13)27-15/h3-6,11-13,15-16,27H,1-2,7-10H2,(H,24,30)(H,25,26)(H,28,31). The van der Waals surface area contributed by atoms with Crippen LogP contribution in [0.5, 0.6) is 0 Å². The lowest BCUT2D eigenvalue weighted by Crippen LogP contribution is -2.40. The first-order valence-corrected chi connectivity index (χ1v) is 11.0. The Morgan fingerprint density at radius 1 is 1.03 bits per heavy atom. The van der Waals surface area contributed by atoms with Crippen molar-refractivity contribution < 1.29 is 4.79 Å². The Morgan fingerprint density at radius 3 is 2.61 bits per heavy atom. The van der Waals surface area contributed by atoms with E-state index in [1.807, 2.05) is 30.5 Å². The fourth-order valence-corrected chi connectivity index (χ4v) is 5.36. The molecule has 8 nitrogen and oxygen atoms in total. The minimum absolute atomic E-state index is 0.00520. The van der Waals surface area contributed by atoms with Crippen molar-refractivity contribution in [2.75, 3.05) is 17.2 Å². The number of hydrogen-bond donors (Lipinski definition) is 4. The van der Waals surface area contributed by atoms with Crippen LogP contribution in [0, 0.1) is 5.92 Å². The largest absolute Gasteiger partial charge is 0.368 e. The summed E-state index contributed by atoms with van der Waals surface area (Å²) in [6.45, 7) is 0.938. The highest BCUT2D eigenvalue weighted by molar-refractivity contribution is 6.06. The minimum Gasteiger partial charge on any atom is -0.368 e. The van der Waals surface area contributed by atoms with Gasteiger partial charge in [-0.15, -0.1) is 10.2 Å². The summed E-state index contributed by atoms with van der Waals surface area (Å²) in [5, 5.41) is 25.9. The van der Waals surface area contributed by atoms with E-state index in [9.17, 15) is 4.79 Å². The summed E-state index contributed by atoms with van der Waals surface area (Å²) in [6.07, 6.45) is 9.08. The number of rotatable bonds is 5. The van der Waals surface area contributed by atoms with Crippen LogP contribution < -0.4 is 16.0 Å². The van der Waals surface area contributed by atoms with Gasteiger partial charge in [0.15, 0.2) is 0 Å². The van der Waals surface area contributed by atoms with E-state index in [0.29, 0.717) is 24.4 Å². The molecule has 2 atom stereocenters. The van der Waals surface area contributed by atoms with Gasteiger partial charge in [-0.05, 0) is 54.9 Å². The number of aromatic amines is 1. The van der Waals surface area contributed by atoms with Crippen molar-refractivity contribution in [2.45, 2.75) is 44.2 Å². The third-order valence-corrected chi connectivity index (χ3v) is 6.81. The van der Waals surface area contributed by atoms with E-state index in [1.165, 1.54) is 25.7 Å². The summed E-state index contributed by atoms with van der Waals surface area (Å²) < 4.78 is 0. The lowest BCUT2D eigenvalue weighted by Gasteiger charge is -2.29. The van der Waals surface area contributed by atoms with Gasteiger partial charge in [0.1, 0.15) is 5.82 Å². The van der Waals surface area contributed by atoms with E-state index in [-0.39, 0.29) is 5.91 Å². The zero-order valence-electron chi connectivity index (χ0n) is 17.2. The highest BCUT2D eigenvalue weighted by Gasteiger charge is 2.33. The Morgan fingerprint density at radius 2 is 1.87 bits per heavy atom. The molecule has 1 aromatic carbocycles. The van der Waals surface area contributed by atoms with Gasteiger partial charge in [0, 0.05) is 36.0 Å². The Labute approximate surface area is 180 Å². The molecule has 2 unspecified atom stereocenters. The molecule has 3 aromatic rings. The molecule has 3 aliphatic rings. The van der Waals surface area contributed by atoms with Crippen LogP contribution in [0.25, 0.3) is 22.4 Å². The van der Waals surface area contributed by atoms with Gasteiger partial charge < -0.3 is 16.0 Å². The molecule has 5 heterocycles. The van der Waals surface area contributed by atoms with Gasteiger partial charge >= 0.3 is 0 Å². The monoisotopic (exact) mass is 415 g/mol. The average Bonchev–Trinajstić information content (AvgIpc) is 3.52. The first-order valence-electron chi connectivity index (χ1n) is 11.0. The van der Waals surface area contributed by atoms with Crippen molar-refractivity contribution in [3.8, 4) is 22.4 Å². The number of aromatic nitrogens is 4. The van der Waals surface area contributed by atoms with E-state index in [1.54, 1.807) is 6.20 Å². The topological polar surface area (TPSA) is 108 Å². The fraction of sp³-hybridized carbons (Fsp3) is 0.391. The maximum Gasteiger partial charge on any atom is 0.228 e. The van der Waals surface area contributed by atoms with Gasteiger partial charge in [0.05, 0.1) is 24.0 Å². The molecule has 158 valence electrons.